The SMILES string of the molecule is COc1ccc(C2(O)CCN(S(=O)(=O)c3ccc(Sc4cccc(OC)c4)c4nonc34)CC2)cc1. The van der Waals surface area contributed by atoms with E-state index < -0.39 is 15.6 Å². The third kappa shape index (κ3) is 4.55. The Kier molecular flexibility index (Phi) is 6.64. The van der Waals surface area contributed by atoms with E-state index in [-0.39, 0.29) is 36.3 Å². The molecular formula is C25H25N3O6S2. The zero-order valence-electron chi connectivity index (χ0n) is 19.7. The van der Waals surface area contributed by atoms with Crippen LogP contribution >= 0.6 is 11.8 Å². The van der Waals surface area contributed by atoms with Crippen LogP contribution in [-0.2, 0) is 15.6 Å². The summed E-state index contributed by atoms with van der Waals surface area (Å²) in [5.41, 5.74) is 0.178. The lowest BCUT2D eigenvalue weighted by molar-refractivity contribution is -0.00963. The average molecular weight is 528 g/mol. The van der Waals surface area contributed by atoms with E-state index in [1.165, 1.54) is 22.1 Å². The van der Waals surface area contributed by atoms with E-state index in [0.29, 0.717) is 21.9 Å². The lowest BCUT2D eigenvalue weighted by Crippen LogP contribution is -2.45. The molecule has 1 aliphatic rings. The molecule has 0 amide bonds. The summed E-state index contributed by atoms with van der Waals surface area (Å²) >= 11 is 1.41. The van der Waals surface area contributed by atoms with Crippen molar-refractivity contribution in [1.29, 1.82) is 0 Å². The molecule has 2 heterocycles. The largest absolute Gasteiger partial charge is 0.497 e. The zero-order valence-corrected chi connectivity index (χ0v) is 21.4. The van der Waals surface area contributed by atoms with E-state index in [1.54, 1.807) is 32.4 Å². The van der Waals surface area contributed by atoms with Gasteiger partial charge >= 0.3 is 0 Å². The summed E-state index contributed by atoms with van der Waals surface area (Å²) < 4.78 is 44.0. The fraction of sp³-hybridized carbons (Fsp3) is 0.280. The van der Waals surface area contributed by atoms with Crippen LogP contribution in [-0.4, -0.2) is 55.5 Å². The molecule has 0 radical (unpaired) electrons. The highest BCUT2D eigenvalue weighted by molar-refractivity contribution is 7.99. The molecule has 0 unspecified atom stereocenters. The minimum absolute atomic E-state index is 0.0311. The molecule has 11 heteroatoms. The van der Waals surface area contributed by atoms with Crippen molar-refractivity contribution in [2.45, 2.75) is 33.1 Å². The van der Waals surface area contributed by atoms with Crippen LogP contribution in [0, 0.1) is 0 Å². The van der Waals surface area contributed by atoms with E-state index >= 15 is 0 Å². The lowest BCUT2D eigenvalue weighted by Gasteiger charge is -2.37. The number of methoxy groups -OCH3 is 2. The van der Waals surface area contributed by atoms with Crippen molar-refractivity contribution in [1.82, 2.24) is 14.6 Å². The smallest absolute Gasteiger partial charge is 0.245 e. The number of rotatable bonds is 7. The Morgan fingerprint density at radius 3 is 2.33 bits per heavy atom. The van der Waals surface area contributed by atoms with Gasteiger partial charge in [-0.2, -0.15) is 4.31 Å². The van der Waals surface area contributed by atoms with E-state index in [0.717, 1.165) is 10.5 Å². The second-order valence-corrected chi connectivity index (χ2v) is 11.5. The van der Waals surface area contributed by atoms with Gasteiger partial charge in [0, 0.05) is 22.9 Å². The molecule has 3 aromatic carbocycles. The standard InChI is InChI=1S/C25H25N3O6S2/c1-32-18-8-6-17(7-9-18)25(29)12-14-28(15-13-25)36(30,31)22-11-10-21(23-24(22)27-34-26-23)35-20-5-3-4-19(16-20)33-2/h3-11,16,29H,12-15H2,1-2H3. The molecule has 188 valence electrons. The molecule has 0 aliphatic carbocycles. The minimum Gasteiger partial charge on any atom is -0.497 e. The van der Waals surface area contributed by atoms with Gasteiger partial charge in [-0.3, -0.25) is 0 Å². The lowest BCUT2D eigenvalue weighted by atomic mass is 9.85. The molecule has 0 atom stereocenters. The highest BCUT2D eigenvalue weighted by Gasteiger charge is 2.39. The van der Waals surface area contributed by atoms with Crippen molar-refractivity contribution in [3.63, 3.8) is 0 Å². The normalized spacial score (nSPS) is 16.2. The van der Waals surface area contributed by atoms with Crippen molar-refractivity contribution in [3.8, 4) is 11.5 Å². The van der Waals surface area contributed by atoms with Gasteiger partial charge in [0.1, 0.15) is 16.4 Å². The molecule has 36 heavy (non-hydrogen) atoms. The van der Waals surface area contributed by atoms with Gasteiger partial charge in [-0.15, -0.1) is 0 Å². The molecule has 9 nitrogen and oxygen atoms in total. The Bertz CT molecular complexity index is 1480. The van der Waals surface area contributed by atoms with Gasteiger partial charge in [0.25, 0.3) is 0 Å². The van der Waals surface area contributed by atoms with Gasteiger partial charge in [0.2, 0.25) is 10.0 Å². The first-order chi connectivity index (χ1) is 17.3. The van der Waals surface area contributed by atoms with Crippen LogP contribution < -0.4 is 9.47 Å². The van der Waals surface area contributed by atoms with Crippen molar-refractivity contribution in [2.24, 2.45) is 0 Å². The fourth-order valence-electron chi connectivity index (χ4n) is 4.33. The number of aliphatic hydroxyl groups is 1. The first kappa shape index (κ1) is 24.6. The molecule has 1 fully saturated rings. The first-order valence-corrected chi connectivity index (χ1v) is 13.5. The summed E-state index contributed by atoms with van der Waals surface area (Å²) in [6.07, 6.45) is 0.533. The Labute approximate surface area is 213 Å². The Balaban J connectivity index is 1.38. The maximum Gasteiger partial charge on any atom is 0.245 e. The Morgan fingerprint density at radius 2 is 1.64 bits per heavy atom. The Morgan fingerprint density at radius 1 is 0.944 bits per heavy atom. The average Bonchev–Trinajstić information content (AvgIpc) is 3.39. The second kappa shape index (κ2) is 9.74. The molecule has 1 aliphatic heterocycles. The monoisotopic (exact) mass is 527 g/mol. The van der Waals surface area contributed by atoms with Crippen LogP contribution in [0.1, 0.15) is 18.4 Å². The first-order valence-electron chi connectivity index (χ1n) is 11.3. The minimum atomic E-state index is -3.89. The van der Waals surface area contributed by atoms with Crippen LogP contribution in [0.25, 0.3) is 11.0 Å². The quantitative estimate of drug-likeness (QED) is 0.380. The maximum atomic E-state index is 13.6. The van der Waals surface area contributed by atoms with E-state index in [4.69, 9.17) is 14.1 Å². The molecular weight excluding hydrogens is 502 g/mol. The molecule has 4 aromatic rings. The van der Waals surface area contributed by atoms with Crippen LogP contribution in [0.3, 0.4) is 0 Å². The maximum absolute atomic E-state index is 13.6. The van der Waals surface area contributed by atoms with Crippen molar-refractivity contribution in [3.05, 3.63) is 66.2 Å². The summed E-state index contributed by atoms with van der Waals surface area (Å²) in [6, 6.07) is 18.0. The number of aromatic nitrogens is 2. The number of benzene rings is 3. The summed E-state index contributed by atoms with van der Waals surface area (Å²) in [4.78, 5) is 1.65. The molecule has 0 spiro atoms. The number of hydrogen-bond acceptors (Lipinski definition) is 9. The van der Waals surface area contributed by atoms with Crippen LogP contribution in [0.5, 0.6) is 11.5 Å². The van der Waals surface area contributed by atoms with E-state index in [2.05, 4.69) is 10.3 Å². The van der Waals surface area contributed by atoms with Gasteiger partial charge < -0.3 is 14.6 Å². The number of nitrogens with zero attached hydrogens (tertiary/aromatic N) is 3. The molecule has 1 N–H and O–H groups in total. The topological polar surface area (TPSA) is 115 Å². The van der Waals surface area contributed by atoms with Gasteiger partial charge in [-0.1, -0.05) is 30.0 Å². The van der Waals surface area contributed by atoms with Crippen molar-refractivity contribution in [2.75, 3.05) is 27.3 Å². The van der Waals surface area contributed by atoms with Crippen molar-refractivity contribution < 1.29 is 27.6 Å². The van der Waals surface area contributed by atoms with Gasteiger partial charge in [0.15, 0.2) is 11.0 Å². The van der Waals surface area contributed by atoms with Gasteiger partial charge in [-0.05, 0) is 71.2 Å². The number of piperidine rings is 1. The molecule has 0 bridgehead atoms. The molecule has 1 saturated heterocycles. The number of fused-ring (bicyclic) bond motifs is 1. The number of sulfonamides is 1. The summed E-state index contributed by atoms with van der Waals surface area (Å²) in [7, 11) is -0.711. The highest BCUT2D eigenvalue weighted by atomic mass is 32.2. The van der Waals surface area contributed by atoms with Gasteiger partial charge in [0.05, 0.1) is 19.8 Å². The Hall–Kier alpha value is -3.12. The van der Waals surface area contributed by atoms with Crippen LogP contribution in [0.15, 0.2) is 80.0 Å². The zero-order chi connectivity index (χ0) is 25.3. The molecule has 0 saturated carbocycles. The summed E-state index contributed by atoms with van der Waals surface area (Å²) in [5.74, 6) is 1.41. The van der Waals surface area contributed by atoms with Gasteiger partial charge in [-0.25, -0.2) is 13.0 Å². The highest BCUT2D eigenvalue weighted by Crippen LogP contribution is 2.39. The van der Waals surface area contributed by atoms with E-state index in [1.807, 2.05) is 36.4 Å². The predicted octanol–water partition coefficient (Wildman–Crippen LogP) is 4.06. The summed E-state index contributed by atoms with van der Waals surface area (Å²) in [5, 5.41) is 19.1. The van der Waals surface area contributed by atoms with E-state index in [9.17, 15) is 13.5 Å². The van der Waals surface area contributed by atoms with Crippen molar-refractivity contribution >= 4 is 32.8 Å². The second-order valence-electron chi connectivity index (χ2n) is 8.47. The molecule has 1 aromatic heterocycles. The van der Waals surface area contributed by atoms with Crippen LogP contribution in [0.4, 0.5) is 0 Å². The summed E-state index contributed by atoms with van der Waals surface area (Å²) in [6.45, 7) is 0.329. The fourth-order valence-corrected chi connectivity index (χ4v) is 6.83. The third-order valence-corrected chi connectivity index (χ3v) is 9.37. The number of ether oxygens (including phenoxy) is 2. The number of hydrogen-bond donors (Lipinski definition) is 1. The van der Waals surface area contributed by atoms with Crippen LogP contribution in [0.2, 0.25) is 0 Å². The molecule has 5 rings (SSSR count). The predicted molar refractivity (Wildman–Crippen MR) is 134 cm³/mol. The third-order valence-electron chi connectivity index (χ3n) is 6.41.